The largest absolute Gasteiger partial charge is 0.350 e. The third-order valence-corrected chi connectivity index (χ3v) is 7.31. The average Bonchev–Trinajstić information content (AvgIpc) is 3.14. The third-order valence-electron chi connectivity index (χ3n) is 4.91. The van der Waals surface area contributed by atoms with Gasteiger partial charge in [0.15, 0.2) is 0 Å². The summed E-state index contributed by atoms with van der Waals surface area (Å²) in [6, 6.07) is 4.17. The molecular formula is C16H19BrN2O2S. The van der Waals surface area contributed by atoms with E-state index in [2.05, 4.69) is 33.6 Å². The number of sulfonamides is 1. The minimum Gasteiger partial charge on any atom is -0.350 e. The van der Waals surface area contributed by atoms with Crippen molar-refractivity contribution in [1.82, 2.24) is 8.87 Å². The van der Waals surface area contributed by atoms with Crippen molar-refractivity contribution in [2.45, 2.75) is 37.1 Å². The molecule has 2 fully saturated rings. The lowest BCUT2D eigenvalue weighted by Crippen LogP contribution is -2.41. The van der Waals surface area contributed by atoms with Crippen LogP contribution in [0.15, 0.2) is 33.9 Å². The highest BCUT2D eigenvalue weighted by Crippen LogP contribution is 2.41. The van der Waals surface area contributed by atoms with Crippen LogP contribution in [0.3, 0.4) is 0 Å². The maximum Gasteiger partial charge on any atom is 0.243 e. The molecule has 0 bridgehead atoms. The van der Waals surface area contributed by atoms with Crippen LogP contribution < -0.4 is 0 Å². The number of fused-ring (bicyclic) bond motifs is 1. The van der Waals surface area contributed by atoms with E-state index in [1.54, 1.807) is 10.4 Å². The van der Waals surface area contributed by atoms with Gasteiger partial charge in [0.25, 0.3) is 0 Å². The van der Waals surface area contributed by atoms with E-state index in [-0.39, 0.29) is 0 Å². The predicted molar refractivity (Wildman–Crippen MR) is 90.4 cm³/mol. The molecular weight excluding hydrogens is 364 g/mol. The summed E-state index contributed by atoms with van der Waals surface area (Å²) in [5, 5.41) is 1.82. The first-order valence-electron chi connectivity index (χ1n) is 7.78. The summed E-state index contributed by atoms with van der Waals surface area (Å²) >= 11 is 3.46. The highest BCUT2D eigenvalue weighted by molar-refractivity contribution is 9.10. The molecule has 1 saturated heterocycles. The fourth-order valence-electron chi connectivity index (χ4n) is 3.14. The molecule has 0 spiro atoms. The molecule has 118 valence electrons. The Morgan fingerprint density at radius 2 is 1.95 bits per heavy atom. The first kappa shape index (κ1) is 14.7. The maximum absolute atomic E-state index is 12.8. The number of rotatable bonds is 4. The van der Waals surface area contributed by atoms with Gasteiger partial charge in [-0.15, -0.1) is 0 Å². The molecule has 1 atom stereocenters. The SMILES string of the molecule is C[C@@H](C1CC1)n1cc2cc(Br)cc(S(=O)(=O)N3CCC3)c2c1. The Morgan fingerprint density at radius 1 is 1.23 bits per heavy atom. The van der Waals surface area contributed by atoms with Crippen molar-refractivity contribution >= 4 is 36.7 Å². The van der Waals surface area contributed by atoms with Gasteiger partial charge in [-0.25, -0.2) is 8.42 Å². The van der Waals surface area contributed by atoms with Crippen LogP contribution in [0.2, 0.25) is 0 Å². The van der Waals surface area contributed by atoms with Gasteiger partial charge >= 0.3 is 0 Å². The fraction of sp³-hybridized carbons (Fsp3) is 0.500. The van der Waals surface area contributed by atoms with Gasteiger partial charge in [-0.05, 0) is 44.2 Å². The van der Waals surface area contributed by atoms with Gasteiger partial charge in [-0.3, -0.25) is 0 Å². The Labute approximate surface area is 139 Å². The summed E-state index contributed by atoms with van der Waals surface area (Å²) < 4.78 is 30.2. The van der Waals surface area contributed by atoms with Crippen molar-refractivity contribution in [3.05, 3.63) is 29.0 Å². The van der Waals surface area contributed by atoms with Gasteiger partial charge in [-0.2, -0.15) is 4.31 Å². The summed E-state index contributed by atoms with van der Waals surface area (Å²) in [4.78, 5) is 0.429. The van der Waals surface area contributed by atoms with Gasteiger partial charge in [0.1, 0.15) is 0 Å². The Morgan fingerprint density at radius 3 is 2.55 bits per heavy atom. The van der Waals surface area contributed by atoms with Crippen molar-refractivity contribution in [2.75, 3.05) is 13.1 Å². The average molecular weight is 383 g/mol. The quantitative estimate of drug-likeness (QED) is 0.807. The zero-order valence-corrected chi connectivity index (χ0v) is 14.9. The van der Waals surface area contributed by atoms with Crippen LogP contribution in [0.5, 0.6) is 0 Å². The lowest BCUT2D eigenvalue weighted by molar-refractivity contribution is 0.309. The second kappa shape index (κ2) is 5.08. The van der Waals surface area contributed by atoms with E-state index < -0.39 is 10.0 Å². The molecule has 6 heteroatoms. The second-order valence-electron chi connectivity index (χ2n) is 6.45. The van der Waals surface area contributed by atoms with Gasteiger partial charge < -0.3 is 4.57 Å². The zero-order valence-electron chi connectivity index (χ0n) is 12.5. The predicted octanol–water partition coefficient (Wildman–Crippen LogP) is 3.77. The summed E-state index contributed by atoms with van der Waals surface area (Å²) in [5.41, 5.74) is 0. The van der Waals surface area contributed by atoms with Crippen molar-refractivity contribution in [3.8, 4) is 0 Å². The summed E-state index contributed by atoms with van der Waals surface area (Å²) in [5.74, 6) is 0.737. The molecule has 0 amide bonds. The van der Waals surface area contributed by atoms with Gasteiger partial charge in [0.05, 0.1) is 4.90 Å². The van der Waals surface area contributed by atoms with E-state index in [9.17, 15) is 8.42 Å². The molecule has 2 aromatic rings. The second-order valence-corrected chi connectivity index (χ2v) is 9.27. The van der Waals surface area contributed by atoms with Crippen molar-refractivity contribution < 1.29 is 8.42 Å². The Kier molecular flexibility index (Phi) is 3.40. The fourth-order valence-corrected chi connectivity index (χ4v) is 5.51. The molecule has 0 radical (unpaired) electrons. The van der Waals surface area contributed by atoms with E-state index >= 15 is 0 Å². The van der Waals surface area contributed by atoms with E-state index in [4.69, 9.17) is 0 Å². The summed E-state index contributed by atoms with van der Waals surface area (Å²) in [6.45, 7) is 3.49. The molecule has 1 aromatic heterocycles. The number of aromatic nitrogens is 1. The topological polar surface area (TPSA) is 42.3 Å². The van der Waals surface area contributed by atoms with Crippen LogP contribution in [-0.2, 0) is 10.0 Å². The molecule has 1 aromatic carbocycles. The van der Waals surface area contributed by atoms with E-state index in [1.807, 2.05) is 12.3 Å². The number of halogens is 1. The molecule has 0 N–H and O–H groups in total. The van der Waals surface area contributed by atoms with Crippen molar-refractivity contribution in [2.24, 2.45) is 5.92 Å². The molecule has 4 rings (SSSR count). The number of hydrogen-bond acceptors (Lipinski definition) is 2. The zero-order chi connectivity index (χ0) is 15.5. The van der Waals surface area contributed by atoms with Crippen LogP contribution in [0.1, 0.15) is 32.2 Å². The number of nitrogens with zero attached hydrogens (tertiary/aromatic N) is 2. The molecule has 1 aliphatic carbocycles. The van der Waals surface area contributed by atoms with E-state index in [0.717, 1.165) is 27.6 Å². The van der Waals surface area contributed by atoms with Crippen LogP contribution in [0.4, 0.5) is 0 Å². The third kappa shape index (κ3) is 2.32. The first-order valence-corrected chi connectivity index (χ1v) is 10.0. The van der Waals surface area contributed by atoms with Crippen LogP contribution >= 0.6 is 15.9 Å². The number of hydrogen-bond donors (Lipinski definition) is 0. The monoisotopic (exact) mass is 382 g/mol. The van der Waals surface area contributed by atoms with Gasteiger partial charge in [0.2, 0.25) is 10.0 Å². The minimum absolute atomic E-state index is 0.429. The Hall–Kier alpha value is -0.850. The molecule has 1 aliphatic heterocycles. The summed E-state index contributed by atoms with van der Waals surface area (Å²) in [7, 11) is -3.38. The molecule has 4 nitrogen and oxygen atoms in total. The molecule has 2 heterocycles. The minimum atomic E-state index is -3.38. The Balaban J connectivity index is 1.86. The van der Waals surface area contributed by atoms with Crippen LogP contribution in [0.25, 0.3) is 10.8 Å². The van der Waals surface area contributed by atoms with Crippen molar-refractivity contribution in [3.63, 3.8) is 0 Å². The molecule has 0 unspecified atom stereocenters. The lowest BCUT2D eigenvalue weighted by Gasteiger charge is -2.30. The van der Waals surface area contributed by atoms with E-state index in [0.29, 0.717) is 24.0 Å². The van der Waals surface area contributed by atoms with Crippen LogP contribution in [-0.4, -0.2) is 30.4 Å². The normalized spacial score (nSPS) is 21.0. The first-order chi connectivity index (χ1) is 10.5. The highest BCUT2D eigenvalue weighted by atomic mass is 79.9. The van der Waals surface area contributed by atoms with Gasteiger partial charge in [-0.1, -0.05) is 15.9 Å². The molecule has 2 aliphatic rings. The highest BCUT2D eigenvalue weighted by Gasteiger charge is 2.32. The summed E-state index contributed by atoms with van der Waals surface area (Å²) in [6.07, 6.45) is 7.60. The molecule has 22 heavy (non-hydrogen) atoms. The van der Waals surface area contributed by atoms with Crippen molar-refractivity contribution in [1.29, 1.82) is 0 Å². The van der Waals surface area contributed by atoms with Crippen LogP contribution in [0, 0.1) is 5.92 Å². The van der Waals surface area contributed by atoms with Gasteiger partial charge in [0, 0.05) is 46.8 Å². The number of benzene rings is 1. The van der Waals surface area contributed by atoms with E-state index in [1.165, 1.54) is 12.8 Å². The Bertz CT molecular complexity index is 835. The lowest BCUT2D eigenvalue weighted by atomic mass is 10.2. The standard InChI is InChI=1S/C16H19BrN2O2S/c1-11(12-3-4-12)18-9-13-7-14(17)8-16(15(13)10-18)22(20,21)19-5-2-6-19/h7-12H,2-6H2,1H3/t11-/m0/s1. The molecule has 1 saturated carbocycles. The smallest absolute Gasteiger partial charge is 0.243 e. The maximum atomic E-state index is 12.8.